The van der Waals surface area contributed by atoms with Crippen molar-refractivity contribution in [1.29, 1.82) is 0 Å². The lowest BCUT2D eigenvalue weighted by Crippen LogP contribution is -2.13. The molecule has 88 valence electrons. The summed E-state index contributed by atoms with van der Waals surface area (Å²) in [6.07, 6.45) is 4.94. The second-order valence-electron chi connectivity index (χ2n) is 3.52. The quantitative estimate of drug-likeness (QED) is 0.845. The van der Waals surface area contributed by atoms with E-state index in [0.717, 1.165) is 10.6 Å². The van der Waals surface area contributed by atoms with Crippen molar-refractivity contribution in [1.82, 2.24) is 9.97 Å². The minimum Gasteiger partial charge on any atom is -0.323 e. The largest absolute Gasteiger partial charge is 0.323 e. The lowest BCUT2D eigenvalue weighted by molar-refractivity contribution is 0.622. The zero-order valence-electron chi connectivity index (χ0n) is 9.08. The molecule has 0 amide bonds. The maximum absolute atomic E-state index is 13.0. The van der Waals surface area contributed by atoms with Gasteiger partial charge in [0.05, 0.1) is 6.20 Å². The highest BCUT2D eigenvalue weighted by molar-refractivity contribution is 7.99. The van der Waals surface area contributed by atoms with Crippen molar-refractivity contribution in [2.45, 2.75) is 11.1 Å². The SMILES string of the molecule is NC(CSc1cnccn1)c1cccc(F)c1. The van der Waals surface area contributed by atoms with Gasteiger partial charge in [-0.2, -0.15) is 0 Å². The van der Waals surface area contributed by atoms with Crippen LogP contribution in [0, 0.1) is 5.82 Å². The molecule has 0 aliphatic rings. The minimum absolute atomic E-state index is 0.210. The van der Waals surface area contributed by atoms with E-state index in [4.69, 9.17) is 5.73 Å². The average Bonchev–Trinajstić information content (AvgIpc) is 2.37. The van der Waals surface area contributed by atoms with Crippen LogP contribution in [0.4, 0.5) is 4.39 Å². The van der Waals surface area contributed by atoms with Crippen LogP contribution in [0.2, 0.25) is 0 Å². The summed E-state index contributed by atoms with van der Waals surface area (Å²) in [4.78, 5) is 8.10. The number of hydrogen-bond donors (Lipinski definition) is 1. The van der Waals surface area contributed by atoms with E-state index in [0.29, 0.717) is 5.75 Å². The number of aromatic nitrogens is 2. The van der Waals surface area contributed by atoms with E-state index in [1.54, 1.807) is 24.7 Å². The standard InChI is InChI=1S/C12H12FN3S/c13-10-3-1-2-9(6-10)11(14)8-17-12-7-15-4-5-16-12/h1-7,11H,8,14H2. The van der Waals surface area contributed by atoms with Gasteiger partial charge >= 0.3 is 0 Å². The van der Waals surface area contributed by atoms with Crippen LogP contribution in [0.5, 0.6) is 0 Å². The predicted octanol–water partition coefficient (Wildman–Crippen LogP) is 2.41. The zero-order valence-corrected chi connectivity index (χ0v) is 9.90. The molecule has 2 rings (SSSR count). The fraction of sp³-hybridized carbons (Fsp3) is 0.167. The molecular formula is C12H12FN3S. The molecule has 0 bridgehead atoms. The van der Waals surface area contributed by atoms with Gasteiger partial charge in [-0.25, -0.2) is 9.37 Å². The first-order valence-corrected chi connectivity index (χ1v) is 6.14. The van der Waals surface area contributed by atoms with Crippen LogP contribution >= 0.6 is 11.8 Å². The van der Waals surface area contributed by atoms with Crippen molar-refractivity contribution in [2.75, 3.05) is 5.75 Å². The molecule has 3 nitrogen and oxygen atoms in total. The van der Waals surface area contributed by atoms with Crippen LogP contribution in [0.15, 0.2) is 47.9 Å². The summed E-state index contributed by atoms with van der Waals surface area (Å²) >= 11 is 1.51. The highest BCUT2D eigenvalue weighted by Gasteiger charge is 2.07. The van der Waals surface area contributed by atoms with E-state index in [9.17, 15) is 4.39 Å². The molecule has 1 unspecified atom stereocenters. The number of benzene rings is 1. The van der Waals surface area contributed by atoms with Gasteiger partial charge in [0.15, 0.2) is 0 Å². The summed E-state index contributed by atoms with van der Waals surface area (Å²) in [6, 6.07) is 6.15. The van der Waals surface area contributed by atoms with Gasteiger partial charge in [-0.05, 0) is 17.7 Å². The number of rotatable bonds is 4. The zero-order chi connectivity index (χ0) is 12.1. The number of thioether (sulfide) groups is 1. The van der Waals surface area contributed by atoms with Gasteiger partial charge in [0.1, 0.15) is 10.8 Å². The summed E-state index contributed by atoms with van der Waals surface area (Å²) in [6.45, 7) is 0. The Morgan fingerprint density at radius 2 is 2.24 bits per heavy atom. The topological polar surface area (TPSA) is 51.8 Å². The Kier molecular flexibility index (Phi) is 4.06. The number of hydrogen-bond acceptors (Lipinski definition) is 4. The maximum Gasteiger partial charge on any atom is 0.123 e. The number of nitrogens with zero attached hydrogens (tertiary/aromatic N) is 2. The molecule has 1 heterocycles. The van der Waals surface area contributed by atoms with Crippen LogP contribution in [0.1, 0.15) is 11.6 Å². The van der Waals surface area contributed by atoms with Crippen molar-refractivity contribution in [2.24, 2.45) is 5.73 Å². The smallest absolute Gasteiger partial charge is 0.123 e. The molecule has 0 radical (unpaired) electrons. The predicted molar refractivity (Wildman–Crippen MR) is 66.1 cm³/mol. The highest BCUT2D eigenvalue weighted by Crippen LogP contribution is 2.21. The first kappa shape index (κ1) is 12.0. The molecule has 0 saturated heterocycles. The van der Waals surface area contributed by atoms with Gasteiger partial charge in [-0.1, -0.05) is 12.1 Å². The van der Waals surface area contributed by atoms with Gasteiger partial charge in [0.25, 0.3) is 0 Å². The molecule has 2 aromatic rings. The summed E-state index contributed by atoms with van der Waals surface area (Å²) in [7, 11) is 0. The van der Waals surface area contributed by atoms with Crippen molar-refractivity contribution in [3.05, 3.63) is 54.2 Å². The van der Waals surface area contributed by atoms with Gasteiger partial charge in [0, 0.05) is 24.2 Å². The maximum atomic E-state index is 13.0. The average molecular weight is 249 g/mol. The van der Waals surface area contributed by atoms with Crippen molar-refractivity contribution < 1.29 is 4.39 Å². The molecule has 1 atom stereocenters. The fourth-order valence-corrected chi connectivity index (χ4v) is 2.18. The number of nitrogens with two attached hydrogens (primary N) is 1. The molecular weight excluding hydrogens is 237 g/mol. The Labute approximate surface area is 103 Å². The lowest BCUT2D eigenvalue weighted by atomic mass is 10.1. The third-order valence-corrected chi connectivity index (χ3v) is 3.26. The van der Waals surface area contributed by atoms with Crippen molar-refractivity contribution in [3.8, 4) is 0 Å². The van der Waals surface area contributed by atoms with Crippen LogP contribution in [0.25, 0.3) is 0 Å². The minimum atomic E-state index is -0.262. The summed E-state index contributed by atoms with van der Waals surface area (Å²) in [5.74, 6) is 0.379. The summed E-state index contributed by atoms with van der Waals surface area (Å²) in [5, 5.41) is 0.819. The molecule has 1 aromatic heterocycles. The van der Waals surface area contributed by atoms with Crippen LogP contribution in [0.3, 0.4) is 0 Å². The second kappa shape index (κ2) is 5.75. The van der Waals surface area contributed by atoms with Crippen molar-refractivity contribution >= 4 is 11.8 Å². The molecule has 0 fully saturated rings. The molecule has 1 aromatic carbocycles. The van der Waals surface area contributed by atoms with E-state index in [-0.39, 0.29) is 11.9 Å². The first-order valence-electron chi connectivity index (χ1n) is 5.15. The third-order valence-electron chi connectivity index (χ3n) is 2.23. The first-order chi connectivity index (χ1) is 8.25. The fourth-order valence-electron chi connectivity index (χ4n) is 1.37. The van der Waals surface area contributed by atoms with Gasteiger partial charge in [0.2, 0.25) is 0 Å². The van der Waals surface area contributed by atoms with Crippen molar-refractivity contribution in [3.63, 3.8) is 0 Å². The number of halogens is 1. The van der Waals surface area contributed by atoms with Gasteiger partial charge in [-0.15, -0.1) is 11.8 Å². The molecule has 0 aliphatic carbocycles. The third kappa shape index (κ3) is 3.51. The van der Waals surface area contributed by atoms with Crippen LogP contribution < -0.4 is 5.73 Å². The monoisotopic (exact) mass is 249 g/mol. The Balaban J connectivity index is 1.96. The molecule has 0 aliphatic heterocycles. The Hall–Kier alpha value is -1.46. The normalized spacial score (nSPS) is 12.4. The Morgan fingerprint density at radius 3 is 2.94 bits per heavy atom. The summed E-state index contributed by atoms with van der Waals surface area (Å²) < 4.78 is 13.0. The second-order valence-corrected chi connectivity index (χ2v) is 4.56. The van der Waals surface area contributed by atoms with E-state index < -0.39 is 0 Å². The molecule has 17 heavy (non-hydrogen) atoms. The Morgan fingerprint density at radius 1 is 1.35 bits per heavy atom. The van der Waals surface area contributed by atoms with E-state index in [1.165, 1.54) is 23.9 Å². The van der Waals surface area contributed by atoms with E-state index >= 15 is 0 Å². The lowest BCUT2D eigenvalue weighted by Gasteiger charge is -2.10. The van der Waals surface area contributed by atoms with E-state index in [1.807, 2.05) is 6.07 Å². The van der Waals surface area contributed by atoms with Crippen LogP contribution in [-0.4, -0.2) is 15.7 Å². The summed E-state index contributed by atoms with van der Waals surface area (Å²) in [5.41, 5.74) is 6.77. The molecule has 2 N–H and O–H groups in total. The van der Waals surface area contributed by atoms with Crippen LogP contribution in [-0.2, 0) is 0 Å². The van der Waals surface area contributed by atoms with E-state index in [2.05, 4.69) is 9.97 Å². The molecule has 0 saturated carbocycles. The molecule has 5 heteroatoms. The van der Waals surface area contributed by atoms with Gasteiger partial charge in [-0.3, -0.25) is 4.98 Å². The van der Waals surface area contributed by atoms with Gasteiger partial charge < -0.3 is 5.73 Å². The highest BCUT2D eigenvalue weighted by atomic mass is 32.2. The Bertz CT molecular complexity index is 478. The molecule has 0 spiro atoms.